The van der Waals surface area contributed by atoms with Crippen molar-refractivity contribution in [3.8, 4) is 0 Å². The third-order valence-corrected chi connectivity index (χ3v) is 14.1. The van der Waals surface area contributed by atoms with Crippen molar-refractivity contribution in [1.82, 2.24) is 0 Å². The topological polar surface area (TPSA) is 32.8 Å². The second-order valence-electron chi connectivity index (χ2n) is 18.9. The Hall–Kier alpha value is -8.34. The van der Waals surface area contributed by atoms with Gasteiger partial charge in [0.1, 0.15) is 22.3 Å². The Kier molecular flexibility index (Phi) is 9.20. The first kappa shape index (κ1) is 40.0. The van der Waals surface area contributed by atoms with E-state index in [4.69, 9.17) is 8.83 Å². The lowest BCUT2D eigenvalue weighted by molar-refractivity contribution is 0.664. The molecule has 0 bridgehead atoms. The molecule has 2 heterocycles. The molecular weight excluding hydrogens is 829 g/mol. The Morgan fingerprint density at radius 1 is 0.294 bits per heavy atom. The highest BCUT2D eigenvalue weighted by Gasteiger charge is 2.24. The highest BCUT2D eigenvalue weighted by Crippen LogP contribution is 2.49. The fourth-order valence-corrected chi connectivity index (χ4v) is 10.6. The fraction of sp³-hybridized carbons (Fsp3) is 0.0938. The van der Waals surface area contributed by atoms with Gasteiger partial charge in [0.25, 0.3) is 0 Å². The summed E-state index contributed by atoms with van der Waals surface area (Å²) in [5.41, 5.74) is 12.4. The molecule has 0 aliphatic carbocycles. The summed E-state index contributed by atoms with van der Waals surface area (Å²) in [5, 5.41) is 13.6. The second kappa shape index (κ2) is 15.6. The maximum atomic E-state index is 7.02. The lowest BCUT2D eigenvalue weighted by Gasteiger charge is -2.27. The molecule has 0 aliphatic heterocycles. The van der Waals surface area contributed by atoms with Gasteiger partial charge in [-0.15, -0.1) is 0 Å². The van der Waals surface area contributed by atoms with Gasteiger partial charge in [0.2, 0.25) is 0 Å². The van der Waals surface area contributed by atoms with Gasteiger partial charge in [0, 0.05) is 67.2 Å². The van der Waals surface area contributed by atoms with E-state index in [2.05, 4.69) is 244 Å². The van der Waals surface area contributed by atoms with Gasteiger partial charge < -0.3 is 18.6 Å². The third kappa shape index (κ3) is 6.43. The van der Waals surface area contributed by atoms with E-state index < -0.39 is 0 Å². The zero-order chi connectivity index (χ0) is 45.6. The number of nitrogens with zero attached hydrogens (tertiary/aromatic N) is 2. The summed E-state index contributed by atoms with van der Waals surface area (Å²) >= 11 is 0. The number of rotatable bonds is 8. The van der Waals surface area contributed by atoms with E-state index in [0.717, 1.165) is 99.5 Å². The minimum Gasteiger partial charge on any atom is -0.456 e. The standard InChI is InChI=1S/C64H48N2O2/c1-39(2)41-23-25-45-33-49(29-27-43(45)31-41)65(47-15-7-5-8-16-47)57-37-61-63(53-21-13-11-19-51(53)57)55-35-60-56(36-59(55)67-61)64-54-22-14-12-20-52(54)58(38-62(64)68-60)66(48-17-9-6-10-18-48)50-30-28-44-32-42(40(3)4)24-26-46(44)34-50/h5-40H,1-4H3. The largest absolute Gasteiger partial charge is 0.456 e. The van der Waals surface area contributed by atoms with Crippen LogP contribution in [-0.4, -0.2) is 0 Å². The molecule has 0 aliphatic rings. The second-order valence-corrected chi connectivity index (χ2v) is 18.9. The number of hydrogen-bond donors (Lipinski definition) is 0. The van der Waals surface area contributed by atoms with Gasteiger partial charge in [0.15, 0.2) is 0 Å². The molecule has 326 valence electrons. The molecule has 0 radical (unpaired) electrons. The van der Waals surface area contributed by atoms with E-state index in [1.165, 1.54) is 32.7 Å². The van der Waals surface area contributed by atoms with E-state index in [9.17, 15) is 0 Å². The summed E-state index contributed by atoms with van der Waals surface area (Å²) in [6.07, 6.45) is 0. The molecule has 4 nitrogen and oxygen atoms in total. The van der Waals surface area contributed by atoms with E-state index in [-0.39, 0.29) is 0 Å². The molecular formula is C64H48N2O2. The summed E-state index contributed by atoms with van der Waals surface area (Å²) in [5.74, 6) is 0.931. The molecule has 0 unspecified atom stereocenters. The number of para-hydroxylation sites is 2. The predicted octanol–water partition coefficient (Wildman–Crippen LogP) is 19.3. The lowest BCUT2D eigenvalue weighted by Crippen LogP contribution is -2.10. The van der Waals surface area contributed by atoms with Crippen LogP contribution < -0.4 is 9.80 Å². The SMILES string of the molecule is CC(C)c1ccc2cc(N(c3ccccc3)c3cc4oc5cc6c(cc5c4c4ccccc34)oc3cc(N(c4ccccc4)c4ccc5cc(C(C)C)ccc5c4)c4ccccc4c36)ccc2c1. The van der Waals surface area contributed by atoms with Crippen LogP contribution in [0, 0.1) is 0 Å². The minimum atomic E-state index is 0.465. The maximum absolute atomic E-state index is 7.02. The Morgan fingerprint density at radius 3 is 1.07 bits per heavy atom. The van der Waals surface area contributed by atoms with Crippen molar-refractivity contribution in [3.63, 3.8) is 0 Å². The molecule has 0 N–H and O–H groups in total. The number of fused-ring (bicyclic) bond motifs is 12. The van der Waals surface area contributed by atoms with Crippen molar-refractivity contribution < 1.29 is 8.83 Å². The Morgan fingerprint density at radius 2 is 0.662 bits per heavy atom. The van der Waals surface area contributed by atoms with Crippen LogP contribution in [0.4, 0.5) is 34.1 Å². The Bertz CT molecular complexity index is 3840. The van der Waals surface area contributed by atoms with Gasteiger partial charge >= 0.3 is 0 Å². The van der Waals surface area contributed by atoms with Crippen LogP contribution in [0.2, 0.25) is 0 Å². The summed E-state index contributed by atoms with van der Waals surface area (Å²) in [7, 11) is 0. The van der Waals surface area contributed by atoms with Crippen molar-refractivity contribution in [2.45, 2.75) is 39.5 Å². The van der Waals surface area contributed by atoms with E-state index in [1.807, 2.05) is 0 Å². The maximum Gasteiger partial charge on any atom is 0.138 e. The van der Waals surface area contributed by atoms with Crippen LogP contribution in [0.15, 0.2) is 215 Å². The van der Waals surface area contributed by atoms with Crippen molar-refractivity contribution >= 4 is 121 Å². The van der Waals surface area contributed by atoms with Crippen LogP contribution in [0.5, 0.6) is 0 Å². The normalized spacial score (nSPS) is 12.1. The molecule has 0 atom stereocenters. The molecule has 0 saturated carbocycles. The van der Waals surface area contributed by atoms with E-state index in [0.29, 0.717) is 11.8 Å². The van der Waals surface area contributed by atoms with Crippen molar-refractivity contribution in [2.75, 3.05) is 9.80 Å². The van der Waals surface area contributed by atoms with Gasteiger partial charge in [-0.05, 0) is 116 Å². The lowest BCUT2D eigenvalue weighted by atomic mass is 9.97. The third-order valence-electron chi connectivity index (χ3n) is 14.1. The summed E-state index contributed by atoms with van der Waals surface area (Å²) in [6.45, 7) is 8.99. The fourth-order valence-electron chi connectivity index (χ4n) is 10.6. The first-order chi connectivity index (χ1) is 33.3. The van der Waals surface area contributed by atoms with Crippen LogP contribution in [-0.2, 0) is 0 Å². The molecule has 4 heteroatoms. The molecule has 0 amide bonds. The summed E-state index contributed by atoms with van der Waals surface area (Å²) < 4.78 is 14.0. The summed E-state index contributed by atoms with van der Waals surface area (Å²) in [4.78, 5) is 4.74. The molecule has 0 spiro atoms. The molecule has 11 aromatic carbocycles. The van der Waals surface area contributed by atoms with Gasteiger partial charge in [-0.2, -0.15) is 0 Å². The molecule has 0 saturated heterocycles. The first-order valence-corrected chi connectivity index (χ1v) is 23.8. The summed E-state index contributed by atoms with van der Waals surface area (Å²) in [6, 6.07) is 74.9. The molecule has 13 rings (SSSR count). The van der Waals surface area contributed by atoms with Crippen molar-refractivity contribution in [1.29, 1.82) is 0 Å². The zero-order valence-corrected chi connectivity index (χ0v) is 38.5. The molecule has 68 heavy (non-hydrogen) atoms. The molecule has 0 fully saturated rings. The predicted molar refractivity (Wildman–Crippen MR) is 289 cm³/mol. The van der Waals surface area contributed by atoms with Crippen LogP contribution in [0.25, 0.3) is 87.0 Å². The monoisotopic (exact) mass is 876 g/mol. The van der Waals surface area contributed by atoms with Crippen LogP contribution >= 0.6 is 0 Å². The molecule has 13 aromatic rings. The van der Waals surface area contributed by atoms with Crippen LogP contribution in [0.1, 0.15) is 50.7 Å². The number of hydrogen-bond acceptors (Lipinski definition) is 4. The number of furan rings is 2. The van der Waals surface area contributed by atoms with Crippen LogP contribution in [0.3, 0.4) is 0 Å². The highest BCUT2D eigenvalue weighted by molar-refractivity contribution is 6.28. The number of anilines is 6. The average molecular weight is 877 g/mol. The van der Waals surface area contributed by atoms with Gasteiger partial charge in [-0.25, -0.2) is 0 Å². The first-order valence-electron chi connectivity index (χ1n) is 23.8. The molecule has 2 aromatic heterocycles. The Balaban J connectivity index is 1.00. The van der Waals surface area contributed by atoms with Crippen molar-refractivity contribution in [2.24, 2.45) is 0 Å². The van der Waals surface area contributed by atoms with Gasteiger partial charge in [0.05, 0.1) is 11.4 Å². The number of benzene rings is 11. The highest BCUT2D eigenvalue weighted by atomic mass is 16.3. The van der Waals surface area contributed by atoms with Gasteiger partial charge in [-0.3, -0.25) is 0 Å². The van der Waals surface area contributed by atoms with Crippen molar-refractivity contribution in [3.05, 3.63) is 217 Å². The van der Waals surface area contributed by atoms with E-state index in [1.54, 1.807) is 0 Å². The zero-order valence-electron chi connectivity index (χ0n) is 38.5. The minimum absolute atomic E-state index is 0.465. The quantitative estimate of drug-likeness (QED) is 0.152. The Labute approximate surface area is 394 Å². The van der Waals surface area contributed by atoms with Gasteiger partial charge in [-0.1, -0.05) is 161 Å². The average Bonchev–Trinajstić information content (AvgIpc) is 3.93. The smallest absolute Gasteiger partial charge is 0.138 e. The van der Waals surface area contributed by atoms with E-state index >= 15 is 0 Å².